The summed E-state index contributed by atoms with van der Waals surface area (Å²) in [4.78, 5) is 25.0. The second-order valence-electron chi connectivity index (χ2n) is 8.66. The van der Waals surface area contributed by atoms with Crippen molar-refractivity contribution >= 4 is 11.7 Å². The zero-order valence-corrected chi connectivity index (χ0v) is 20.8. The number of methoxy groups -OCH3 is 1. The molecule has 10 nitrogen and oxygen atoms in total. The van der Waals surface area contributed by atoms with Gasteiger partial charge in [0.15, 0.2) is 11.5 Å². The number of β-amino-alcohol motifs (C(OH)–C–C–N with tert-alkyl or cyclic N) is 1. The van der Waals surface area contributed by atoms with E-state index in [1.165, 1.54) is 12.1 Å². The van der Waals surface area contributed by atoms with E-state index in [2.05, 4.69) is 4.90 Å². The number of aliphatic hydroxyl groups excluding tert-OH is 1. The van der Waals surface area contributed by atoms with Crippen LogP contribution in [0.4, 0.5) is 5.69 Å². The van der Waals surface area contributed by atoms with E-state index in [1.807, 2.05) is 24.3 Å². The summed E-state index contributed by atoms with van der Waals surface area (Å²) in [5, 5.41) is 22.0. The van der Waals surface area contributed by atoms with Gasteiger partial charge in [0.05, 0.1) is 37.2 Å². The summed E-state index contributed by atoms with van der Waals surface area (Å²) in [5.74, 6) is 1.49. The maximum Gasteiger partial charge on any atom is 0.310 e. The molecule has 36 heavy (non-hydrogen) atoms. The second-order valence-corrected chi connectivity index (χ2v) is 8.66. The molecule has 0 amide bonds. The fourth-order valence-electron chi connectivity index (χ4n) is 4.21. The highest BCUT2D eigenvalue weighted by Crippen LogP contribution is 2.30. The molecule has 1 saturated heterocycles. The summed E-state index contributed by atoms with van der Waals surface area (Å²) < 4.78 is 21.9. The molecule has 10 heteroatoms. The fraction of sp³-hybridized carbons (Fsp3) is 0.500. The average Bonchev–Trinajstić information content (AvgIpc) is 2.87. The van der Waals surface area contributed by atoms with Crippen molar-refractivity contribution in [3.8, 4) is 17.2 Å². The molecule has 2 aromatic carbocycles. The van der Waals surface area contributed by atoms with Crippen LogP contribution >= 0.6 is 0 Å². The van der Waals surface area contributed by atoms with E-state index in [9.17, 15) is 20.0 Å². The van der Waals surface area contributed by atoms with Crippen molar-refractivity contribution in [3.05, 3.63) is 58.1 Å². The van der Waals surface area contributed by atoms with Crippen LogP contribution in [-0.2, 0) is 16.0 Å². The summed E-state index contributed by atoms with van der Waals surface area (Å²) in [5.41, 5.74) is -0.0727. The van der Waals surface area contributed by atoms with Gasteiger partial charge in [0.2, 0.25) is 0 Å². The van der Waals surface area contributed by atoms with Crippen LogP contribution in [0, 0.1) is 16.0 Å². The topological polar surface area (TPSA) is 121 Å². The summed E-state index contributed by atoms with van der Waals surface area (Å²) in [6.07, 6.45) is 0.816. The number of carbonyl (C=O) groups excluding carboxylic acids is 1. The fourth-order valence-corrected chi connectivity index (χ4v) is 4.21. The minimum atomic E-state index is -0.791. The van der Waals surface area contributed by atoms with E-state index in [1.54, 1.807) is 20.1 Å². The number of nitro benzene ring substituents is 1. The molecule has 1 atom stereocenters. The number of esters is 1. The number of ether oxygens (including phenoxy) is 4. The minimum absolute atomic E-state index is 0.0478. The molecule has 0 spiro atoms. The van der Waals surface area contributed by atoms with Gasteiger partial charge in [-0.05, 0) is 57.0 Å². The lowest BCUT2D eigenvalue weighted by Gasteiger charge is -2.33. The average molecular weight is 503 g/mol. The first kappa shape index (κ1) is 27.2. The Bertz CT molecular complexity index is 1010. The van der Waals surface area contributed by atoms with Crippen molar-refractivity contribution in [1.82, 2.24) is 4.90 Å². The number of likely N-dealkylation sites (tertiary alicyclic amines) is 1. The van der Waals surface area contributed by atoms with Crippen LogP contribution in [0.2, 0.25) is 0 Å². The third-order valence-electron chi connectivity index (χ3n) is 6.08. The van der Waals surface area contributed by atoms with E-state index in [0.29, 0.717) is 24.8 Å². The lowest BCUT2D eigenvalue weighted by atomic mass is 9.97. The van der Waals surface area contributed by atoms with E-state index in [0.717, 1.165) is 31.7 Å². The van der Waals surface area contributed by atoms with Crippen LogP contribution in [0.3, 0.4) is 0 Å². The molecule has 1 heterocycles. The van der Waals surface area contributed by atoms with E-state index in [4.69, 9.17) is 18.9 Å². The monoisotopic (exact) mass is 502 g/mol. The zero-order valence-electron chi connectivity index (χ0n) is 20.8. The van der Waals surface area contributed by atoms with E-state index in [-0.39, 0.29) is 36.6 Å². The normalized spacial score (nSPS) is 15.2. The molecule has 0 aromatic heterocycles. The highest BCUT2D eigenvalue weighted by molar-refractivity contribution is 5.75. The standard InChI is InChI=1S/C26H34N2O8/c1-3-34-26(30)15-21-22(28(31)32)7-6-10-23(21)36-18-20(29)16-27-13-11-19(12-14-27)17-35-25-9-5-4-8-24(25)33-2/h4-10,19-20,29H,3,11-18H2,1-2H3. The highest BCUT2D eigenvalue weighted by Gasteiger charge is 2.24. The quantitative estimate of drug-likeness (QED) is 0.250. The van der Waals surface area contributed by atoms with Crippen LogP contribution < -0.4 is 14.2 Å². The smallest absolute Gasteiger partial charge is 0.310 e. The SMILES string of the molecule is CCOC(=O)Cc1c(OCC(O)CN2CCC(COc3ccccc3OC)CC2)cccc1[N+](=O)[O-]. The van der Waals surface area contributed by atoms with Crippen LogP contribution in [0.15, 0.2) is 42.5 Å². The Hall–Kier alpha value is -3.37. The van der Waals surface area contributed by atoms with Crippen molar-refractivity contribution in [2.75, 3.05) is 46.6 Å². The molecule has 0 radical (unpaired) electrons. The molecule has 0 aliphatic carbocycles. The Labute approximate surface area is 210 Å². The van der Waals surface area contributed by atoms with Gasteiger partial charge in [0.25, 0.3) is 5.69 Å². The number of rotatable bonds is 13. The number of nitro groups is 1. The molecular formula is C26H34N2O8. The Morgan fingerprint density at radius 1 is 1.11 bits per heavy atom. The Kier molecular flexibility index (Phi) is 10.3. The largest absolute Gasteiger partial charge is 0.493 e. The van der Waals surface area contributed by atoms with Crippen molar-refractivity contribution in [2.45, 2.75) is 32.3 Å². The lowest BCUT2D eigenvalue weighted by Crippen LogP contribution is -2.41. The number of carbonyl (C=O) groups is 1. The Balaban J connectivity index is 1.47. The summed E-state index contributed by atoms with van der Waals surface area (Å²) in [6, 6.07) is 11.9. The van der Waals surface area contributed by atoms with Crippen LogP contribution in [0.1, 0.15) is 25.3 Å². The maximum absolute atomic E-state index is 12.0. The summed E-state index contributed by atoms with van der Waals surface area (Å²) in [7, 11) is 1.62. The molecule has 1 N–H and O–H groups in total. The van der Waals surface area contributed by atoms with Gasteiger partial charge in [-0.3, -0.25) is 14.9 Å². The third-order valence-corrected chi connectivity index (χ3v) is 6.08. The number of benzene rings is 2. The molecular weight excluding hydrogens is 468 g/mol. The summed E-state index contributed by atoms with van der Waals surface area (Å²) in [6.45, 7) is 4.47. The number of nitrogens with zero attached hydrogens (tertiary/aromatic N) is 2. The first-order chi connectivity index (χ1) is 17.4. The van der Waals surface area contributed by atoms with Crippen molar-refractivity contribution in [3.63, 3.8) is 0 Å². The molecule has 0 bridgehead atoms. The van der Waals surface area contributed by atoms with E-state index < -0.39 is 17.0 Å². The first-order valence-corrected chi connectivity index (χ1v) is 12.1. The van der Waals surface area contributed by atoms with E-state index >= 15 is 0 Å². The predicted molar refractivity (Wildman–Crippen MR) is 133 cm³/mol. The molecule has 1 fully saturated rings. The van der Waals surface area contributed by atoms with Gasteiger partial charge in [-0.25, -0.2) is 0 Å². The molecule has 196 valence electrons. The first-order valence-electron chi connectivity index (χ1n) is 12.1. The molecule has 3 rings (SSSR count). The number of aliphatic hydroxyl groups is 1. The maximum atomic E-state index is 12.0. The van der Waals surface area contributed by atoms with Crippen molar-refractivity contribution < 1.29 is 33.8 Å². The van der Waals surface area contributed by atoms with Gasteiger partial charge >= 0.3 is 5.97 Å². The lowest BCUT2D eigenvalue weighted by molar-refractivity contribution is -0.385. The van der Waals surface area contributed by atoms with Gasteiger partial charge in [-0.1, -0.05) is 18.2 Å². The van der Waals surface area contributed by atoms with Gasteiger partial charge in [-0.2, -0.15) is 0 Å². The van der Waals surface area contributed by atoms with Gasteiger partial charge < -0.3 is 29.0 Å². The molecule has 1 aliphatic heterocycles. The van der Waals surface area contributed by atoms with Crippen molar-refractivity contribution in [1.29, 1.82) is 0 Å². The van der Waals surface area contributed by atoms with Crippen molar-refractivity contribution in [2.24, 2.45) is 5.92 Å². The highest BCUT2D eigenvalue weighted by atomic mass is 16.6. The molecule has 0 saturated carbocycles. The minimum Gasteiger partial charge on any atom is -0.493 e. The third kappa shape index (κ3) is 7.82. The number of hydrogen-bond acceptors (Lipinski definition) is 9. The molecule has 1 aliphatic rings. The van der Waals surface area contributed by atoms with Crippen LogP contribution in [-0.4, -0.2) is 73.6 Å². The predicted octanol–water partition coefficient (Wildman–Crippen LogP) is 3.24. The second kappa shape index (κ2) is 13.6. The van der Waals surface area contributed by atoms with Gasteiger partial charge in [0.1, 0.15) is 18.5 Å². The number of para-hydroxylation sites is 2. The van der Waals surface area contributed by atoms with Crippen LogP contribution in [0.25, 0.3) is 0 Å². The zero-order chi connectivity index (χ0) is 25.9. The molecule has 1 unspecified atom stereocenters. The molecule has 2 aromatic rings. The Morgan fingerprint density at radius 2 is 1.81 bits per heavy atom. The Morgan fingerprint density at radius 3 is 2.47 bits per heavy atom. The summed E-state index contributed by atoms with van der Waals surface area (Å²) >= 11 is 0. The van der Waals surface area contributed by atoms with Gasteiger partial charge in [0, 0.05) is 12.6 Å². The number of piperidine rings is 1. The number of hydrogen-bond donors (Lipinski definition) is 1. The van der Waals surface area contributed by atoms with Crippen LogP contribution in [0.5, 0.6) is 17.2 Å². The van der Waals surface area contributed by atoms with Gasteiger partial charge in [-0.15, -0.1) is 0 Å².